The van der Waals surface area contributed by atoms with Crippen molar-refractivity contribution in [3.8, 4) is 0 Å². The molecule has 1 unspecified atom stereocenters. The van der Waals surface area contributed by atoms with Crippen molar-refractivity contribution < 1.29 is 18.0 Å². The van der Waals surface area contributed by atoms with Gasteiger partial charge in [-0.3, -0.25) is 9.59 Å². The molecule has 1 aliphatic rings. The van der Waals surface area contributed by atoms with Crippen molar-refractivity contribution in [2.24, 2.45) is 5.92 Å². The normalized spacial score (nSPS) is 17.4. The van der Waals surface area contributed by atoms with Gasteiger partial charge in [-0.1, -0.05) is 31.5 Å². The van der Waals surface area contributed by atoms with E-state index in [1.165, 1.54) is 15.6 Å². The number of nitrogens with one attached hydrogen (secondary N) is 2. The lowest BCUT2D eigenvalue weighted by Gasteiger charge is -2.30. The van der Waals surface area contributed by atoms with Gasteiger partial charge in [0.15, 0.2) is 0 Å². The van der Waals surface area contributed by atoms with Gasteiger partial charge in [0.1, 0.15) is 4.21 Å². The second-order valence-corrected chi connectivity index (χ2v) is 10.4. The highest BCUT2D eigenvalue weighted by Gasteiger charge is 2.34. The Labute approximate surface area is 181 Å². The van der Waals surface area contributed by atoms with Crippen LogP contribution in [0.1, 0.15) is 43.0 Å². The Morgan fingerprint density at radius 2 is 2.00 bits per heavy atom. The van der Waals surface area contributed by atoms with E-state index in [1.807, 2.05) is 6.92 Å². The molecule has 2 heterocycles. The fraction of sp³-hybridized carbons (Fsp3) is 0.429. The molecule has 2 aromatic rings. The Morgan fingerprint density at radius 3 is 2.73 bits per heavy atom. The summed E-state index contributed by atoms with van der Waals surface area (Å²) in [7, 11) is -3.58. The van der Waals surface area contributed by atoms with Crippen LogP contribution in [0.3, 0.4) is 0 Å². The number of benzene rings is 1. The van der Waals surface area contributed by atoms with E-state index in [0.717, 1.165) is 12.8 Å². The lowest BCUT2D eigenvalue weighted by Crippen LogP contribution is -2.43. The first kappa shape index (κ1) is 22.5. The van der Waals surface area contributed by atoms with Gasteiger partial charge in [-0.15, -0.1) is 11.3 Å². The molecule has 0 spiro atoms. The lowest BCUT2D eigenvalue weighted by atomic mass is 9.98. The second-order valence-electron chi connectivity index (χ2n) is 7.28. The summed E-state index contributed by atoms with van der Waals surface area (Å²) in [5.41, 5.74) is 0.843. The van der Waals surface area contributed by atoms with E-state index < -0.39 is 15.9 Å². The molecular weight excluding hydrogens is 422 g/mol. The summed E-state index contributed by atoms with van der Waals surface area (Å²) in [6.07, 6.45) is 3.08. The van der Waals surface area contributed by atoms with Crippen LogP contribution in [-0.2, 0) is 14.8 Å². The molecule has 1 atom stereocenters. The van der Waals surface area contributed by atoms with Crippen molar-refractivity contribution in [3.05, 3.63) is 47.3 Å². The average molecular weight is 450 g/mol. The van der Waals surface area contributed by atoms with Gasteiger partial charge in [0, 0.05) is 19.6 Å². The van der Waals surface area contributed by atoms with E-state index in [4.69, 9.17) is 0 Å². The summed E-state index contributed by atoms with van der Waals surface area (Å²) >= 11 is 1.17. The molecule has 1 aromatic carbocycles. The maximum absolute atomic E-state index is 12.9. The van der Waals surface area contributed by atoms with Crippen molar-refractivity contribution in [1.29, 1.82) is 0 Å². The summed E-state index contributed by atoms with van der Waals surface area (Å²) in [4.78, 5) is 25.4. The zero-order valence-corrected chi connectivity index (χ0v) is 18.6. The highest BCUT2D eigenvalue weighted by molar-refractivity contribution is 7.91. The van der Waals surface area contributed by atoms with E-state index >= 15 is 0 Å². The third-order valence-corrected chi connectivity index (χ3v) is 8.33. The van der Waals surface area contributed by atoms with Gasteiger partial charge >= 0.3 is 0 Å². The molecule has 162 valence electrons. The number of thiophene rings is 1. The first-order valence-electron chi connectivity index (χ1n) is 10.1. The number of para-hydroxylation sites is 1. The third-order valence-electron chi connectivity index (χ3n) is 5.09. The molecule has 30 heavy (non-hydrogen) atoms. The van der Waals surface area contributed by atoms with Crippen LogP contribution < -0.4 is 10.6 Å². The molecule has 7 nitrogen and oxygen atoms in total. The van der Waals surface area contributed by atoms with Crippen LogP contribution >= 0.6 is 11.3 Å². The van der Waals surface area contributed by atoms with Crippen molar-refractivity contribution in [2.75, 3.05) is 25.0 Å². The van der Waals surface area contributed by atoms with E-state index in [2.05, 4.69) is 10.6 Å². The first-order valence-corrected chi connectivity index (χ1v) is 12.5. The van der Waals surface area contributed by atoms with Crippen molar-refractivity contribution in [1.82, 2.24) is 9.62 Å². The molecule has 0 saturated carbocycles. The molecule has 2 amide bonds. The number of anilines is 1. The minimum atomic E-state index is -3.58. The Kier molecular flexibility index (Phi) is 7.63. The molecule has 0 bridgehead atoms. The molecule has 1 aromatic heterocycles. The third kappa shape index (κ3) is 5.27. The van der Waals surface area contributed by atoms with Crippen LogP contribution in [0.2, 0.25) is 0 Å². The smallest absolute Gasteiger partial charge is 0.253 e. The number of nitrogens with zero attached hydrogens (tertiary/aromatic N) is 1. The van der Waals surface area contributed by atoms with Gasteiger partial charge in [0.25, 0.3) is 15.9 Å². The molecule has 0 radical (unpaired) electrons. The van der Waals surface area contributed by atoms with Crippen LogP contribution in [0, 0.1) is 5.92 Å². The molecular formula is C21H27N3O4S2. The topological polar surface area (TPSA) is 95.6 Å². The van der Waals surface area contributed by atoms with Crippen molar-refractivity contribution in [3.63, 3.8) is 0 Å². The molecule has 3 rings (SSSR count). The van der Waals surface area contributed by atoms with Gasteiger partial charge in [-0.25, -0.2) is 8.42 Å². The maximum Gasteiger partial charge on any atom is 0.253 e. The van der Waals surface area contributed by atoms with Crippen LogP contribution in [0.4, 0.5) is 5.69 Å². The molecule has 1 saturated heterocycles. The largest absolute Gasteiger partial charge is 0.352 e. The number of unbranched alkanes of at least 4 members (excludes halogenated alkanes) is 1. The van der Waals surface area contributed by atoms with Gasteiger partial charge in [0.2, 0.25) is 5.91 Å². The Hall–Kier alpha value is -2.23. The van der Waals surface area contributed by atoms with E-state index in [0.29, 0.717) is 37.2 Å². The molecule has 0 aliphatic carbocycles. The number of rotatable bonds is 8. The fourth-order valence-corrected chi connectivity index (χ4v) is 6.08. The van der Waals surface area contributed by atoms with Gasteiger partial charge in [-0.2, -0.15) is 4.31 Å². The standard InChI is InChI=1S/C21H27N3O4S2/c1-2-3-12-22-21(26)17-9-4-5-10-18(17)23-20(25)16-8-6-13-24(15-16)30(27,28)19-11-7-14-29-19/h4-5,7,9-11,14,16H,2-3,6,8,12-13,15H2,1H3,(H,22,26)(H,23,25). The summed E-state index contributed by atoms with van der Waals surface area (Å²) in [5.74, 6) is -0.968. The number of carbonyl (C=O) groups excluding carboxylic acids is 2. The molecule has 9 heteroatoms. The quantitative estimate of drug-likeness (QED) is 0.605. The van der Waals surface area contributed by atoms with Crippen LogP contribution in [0.5, 0.6) is 0 Å². The number of carbonyl (C=O) groups is 2. The number of amides is 2. The minimum absolute atomic E-state index is 0.136. The summed E-state index contributed by atoms with van der Waals surface area (Å²) in [6, 6.07) is 10.2. The Bertz CT molecular complexity index is 974. The second kappa shape index (κ2) is 10.2. The lowest BCUT2D eigenvalue weighted by molar-refractivity contribution is -0.120. The number of sulfonamides is 1. The van der Waals surface area contributed by atoms with Crippen molar-refractivity contribution >= 4 is 38.9 Å². The first-order chi connectivity index (χ1) is 14.4. The molecule has 1 aliphatic heterocycles. The zero-order valence-electron chi connectivity index (χ0n) is 17.0. The summed E-state index contributed by atoms with van der Waals surface area (Å²) in [6.45, 7) is 3.17. The van der Waals surface area contributed by atoms with E-state index in [1.54, 1.807) is 41.8 Å². The van der Waals surface area contributed by atoms with Crippen LogP contribution in [-0.4, -0.2) is 44.2 Å². The van der Waals surface area contributed by atoms with Crippen LogP contribution in [0.15, 0.2) is 46.0 Å². The Morgan fingerprint density at radius 1 is 1.20 bits per heavy atom. The zero-order chi connectivity index (χ0) is 21.6. The summed E-state index contributed by atoms with van der Waals surface area (Å²) in [5, 5.41) is 7.42. The molecule has 1 fully saturated rings. The van der Waals surface area contributed by atoms with E-state index in [-0.39, 0.29) is 22.6 Å². The number of hydrogen-bond acceptors (Lipinski definition) is 5. The SMILES string of the molecule is CCCCNC(=O)c1ccccc1NC(=O)C1CCCN(S(=O)(=O)c2cccs2)C1. The average Bonchev–Trinajstić information content (AvgIpc) is 3.30. The predicted octanol–water partition coefficient (Wildman–Crippen LogP) is 3.32. The highest BCUT2D eigenvalue weighted by Crippen LogP contribution is 2.27. The highest BCUT2D eigenvalue weighted by atomic mass is 32.2. The molecule has 2 N–H and O–H groups in total. The van der Waals surface area contributed by atoms with Gasteiger partial charge < -0.3 is 10.6 Å². The number of piperidine rings is 1. The fourth-order valence-electron chi connectivity index (χ4n) is 3.41. The van der Waals surface area contributed by atoms with Gasteiger partial charge in [-0.05, 0) is 42.8 Å². The predicted molar refractivity (Wildman–Crippen MR) is 118 cm³/mol. The van der Waals surface area contributed by atoms with Crippen LogP contribution in [0.25, 0.3) is 0 Å². The van der Waals surface area contributed by atoms with Gasteiger partial charge in [0.05, 0.1) is 17.2 Å². The minimum Gasteiger partial charge on any atom is -0.352 e. The maximum atomic E-state index is 12.9. The van der Waals surface area contributed by atoms with Crippen molar-refractivity contribution in [2.45, 2.75) is 36.8 Å². The monoisotopic (exact) mass is 449 g/mol. The Balaban J connectivity index is 1.68. The summed E-state index contributed by atoms with van der Waals surface area (Å²) < 4.78 is 27.3. The number of hydrogen-bond donors (Lipinski definition) is 2. The van der Waals surface area contributed by atoms with E-state index in [9.17, 15) is 18.0 Å².